The van der Waals surface area contributed by atoms with Crippen LogP contribution in [0.3, 0.4) is 0 Å². The number of morpholine rings is 1. The molecule has 3 aliphatic heterocycles. The van der Waals surface area contributed by atoms with Gasteiger partial charge in [0.25, 0.3) is 0 Å². The van der Waals surface area contributed by atoms with Gasteiger partial charge in [-0.25, -0.2) is 14.3 Å². The lowest BCUT2D eigenvalue weighted by Crippen LogP contribution is -2.63. The summed E-state index contributed by atoms with van der Waals surface area (Å²) in [5.41, 5.74) is 8.47. The van der Waals surface area contributed by atoms with E-state index in [-0.39, 0.29) is 23.5 Å². The lowest BCUT2D eigenvalue weighted by atomic mass is 9.73. The van der Waals surface area contributed by atoms with Crippen LogP contribution in [-0.4, -0.2) is 88.6 Å². The summed E-state index contributed by atoms with van der Waals surface area (Å²) in [4.78, 5) is 23.9. The fourth-order valence-electron chi connectivity index (χ4n) is 6.91. The first-order chi connectivity index (χ1) is 21.2. The van der Waals surface area contributed by atoms with Gasteiger partial charge in [-0.05, 0) is 57.7 Å². The number of amides is 1. The molecule has 45 heavy (non-hydrogen) atoms. The molecule has 3 saturated heterocycles. The first kappa shape index (κ1) is 31.4. The van der Waals surface area contributed by atoms with E-state index in [9.17, 15) is 18.0 Å². The molecule has 1 spiro atoms. The number of nitrogens with zero attached hydrogens (tertiary/aromatic N) is 6. The van der Waals surface area contributed by atoms with Crippen LogP contribution in [0.25, 0.3) is 5.65 Å². The second-order valence-electron chi connectivity index (χ2n) is 13.7. The molecule has 0 bridgehead atoms. The Morgan fingerprint density at radius 2 is 1.84 bits per heavy atom. The van der Waals surface area contributed by atoms with Crippen molar-refractivity contribution in [2.45, 2.75) is 65.3 Å². The van der Waals surface area contributed by atoms with Crippen molar-refractivity contribution in [2.24, 2.45) is 5.41 Å². The van der Waals surface area contributed by atoms with E-state index in [0.29, 0.717) is 74.3 Å². The molecule has 1 aromatic carbocycles. The van der Waals surface area contributed by atoms with Crippen molar-refractivity contribution in [3.05, 3.63) is 52.3 Å². The number of nitrogen functional groups attached to an aromatic ring is 1. The molecule has 5 heterocycles. The molecule has 3 fully saturated rings. The van der Waals surface area contributed by atoms with E-state index in [2.05, 4.69) is 9.80 Å². The van der Waals surface area contributed by atoms with Gasteiger partial charge < -0.3 is 25.0 Å². The van der Waals surface area contributed by atoms with Crippen LogP contribution in [0.2, 0.25) is 0 Å². The Balaban J connectivity index is 1.29. The van der Waals surface area contributed by atoms with Gasteiger partial charge >= 0.3 is 12.3 Å². The number of rotatable bonds is 5. The molecule has 1 amide bonds. The van der Waals surface area contributed by atoms with E-state index in [0.717, 1.165) is 37.7 Å². The Hall–Kier alpha value is -3.58. The van der Waals surface area contributed by atoms with Crippen molar-refractivity contribution in [1.82, 2.24) is 24.4 Å². The normalized spacial score (nSPS) is 19.3. The SMILES string of the molecule is Cc1c(Cc2c(CN3CC4(CCCN(C(=O)OC(C)(C)C)C4)C3)nc3c(N)cc(N4CCOCC4)nn23)cccc1C(F)(F)F. The number of benzene rings is 1. The maximum Gasteiger partial charge on any atom is 0.416 e. The number of halogens is 3. The average molecular weight is 630 g/mol. The molecule has 3 aromatic rings. The van der Waals surface area contributed by atoms with E-state index < -0.39 is 17.3 Å². The molecule has 2 aromatic heterocycles. The third kappa shape index (κ3) is 6.55. The van der Waals surface area contributed by atoms with Gasteiger partial charge in [-0.15, -0.1) is 5.10 Å². The highest BCUT2D eigenvalue weighted by atomic mass is 19.4. The van der Waals surface area contributed by atoms with E-state index >= 15 is 0 Å². The average Bonchev–Trinajstić information content (AvgIpc) is 3.29. The van der Waals surface area contributed by atoms with Gasteiger partial charge in [-0.3, -0.25) is 4.90 Å². The predicted molar refractivity (Wildman–Crippen MR) is 164 cm³/mol. The maximum atomic E-state index is 13.8. The fourth-order valence-corrected chi connectivity index (χ4v) is 6.91. The zero-order chi connectivity index (χ0) is 32.1. The molecular formula is C32H42F3N7O3. The van der Waals surface area contributed by atoms with Crippen molar-refractivity contribution in [3.63, 3.8) is 0 Å². The van der Waals surface area contributed by atoms with Gasteiger partial charge in [0, 0.05) is 63.7 Å². The number of aromatic nitrogens is 3. The van der Waals surface area contributed by atoms with Gasteiger partial charge in [-0.2, -0.15) is 13.2 Å². The summed E-state index contributed by atoms with van der Waals surface area (Å²) < 4.78 is 54.3. The Morgan fingerprint density at radius 3 is 2.53 bits per heavy atom. The van der Waals surface area contributed by atoms with Crippen LogP contribution >= 0.6 is 0 Å². The van der Waals surface area contributed by atoms with Crippen LogP contribution in [0, 0.1) is 12.3 Å². The lowest BCUT2D eigenvalue weighted by Gasteiger charge is -2.54. The molecule has 0 aliphatic carbocycles. The minimum atomic E-state index is -4.45. The number of nitrogens with two attached hydrogens (primary N) is 1. The number of likely N-dealkylation sites (tertiary alicyclic amines) is 2. The highest BCUT2D eigenvalue weighted by Gasteiger charge is 2.47. The zero-order valence-electron chi connectivity index (χ0n) is 26.4. The van der Waals surface area contributed by atoms with Gasteiger partial charge in [0.15, 0.2) is 11.5 Å². The summed E-state index contributed by atoms with van der Waals surface area (Å²) in [5.74, 6) is 0.682. The number of imidazole rings is 1. The summed E-state index contributed by atoms with van der Waals surface area (Å²) in [6.45, 7) is 13.0. The van der Waals surface area contributed by atoms with Gasteiger partial charge in [0.2, 0.25) is 0 Å². The first-order valence-corrected chi connectivity index (χ1v) is 15.6. The monoisotopic (exact) mass is 629 g/mol. The lowest BCUT2D eigenvalue weighted by molar-refractivity contribution is -0.138. The molecule has 10 nitrogen and oxygen atoms in total. The van der Waals surface area contributed by atoms with Crippen molar-refractivity contribution >= 4 is 23.2 Å². The Labute approximate surface area is 261 Å². The van der Waals surface area contributed by atoms with Crippen LogP contribution in [0.1, 0.15) is 61.7 Å². The molecule has 2 N–H and O–H groups in total. The summed E-state index contributed by atoms with van der Waals surface area (Å²) in [6.07, 6.45) is -2.59. The summed E-state index contributed by atoms with van der Waals surface area (Å²) in [7, 11) is 0. The number of hydrogen-bond acceptors (Lipinski definition) is 8. The standard InChI is InChI=1S/C32H42F3N7O3/c1-21-22(7-5-8-23(21)32(33,34)35)15-26-25(37-28-24(36)16-27(38-42(26)28)40-11-13-44-14-12-40)17-39-18-31(19-39)9-6-10-41(20-31)29(43)45-30(2,3)4/h5,7-8,16H,6,9-15,17-20,36H2,1-4H3. The van der Waals surface area contributed by atoms with E-state index in [1.165, 1.54) is 13.0 Å². The second kappa shape index (κ2) is 11.7. The molecule has 13 heteroatoms. The molecule has 0 unspecified atom stereocenters. The summed E-state index contributed by atoms with van der Waals surface area (Å²) in [5, 5.41) is 4.92. The third-order valence-corrected chi connectivity index (χ3v) is 9.02. The van der Waals surface area contributed by atoms with Gasteiger partial charge in [0.05, 0.1) is 35.9 Å². The molecule has 0 saturated carbocycles. The quantitative estimate of drug-likeness (QED) is 0.426. The molecule has 3 aliphatic rings. The van der Waals surface area contributed by atoms with Crippen molar-refractivity contribution < 1.29 is 27.4 Å². The number of carbonyl (C=O) groups excluding carboxylic acids is 1. The Morgan fingerprint density at radius 1 is 1.11 bits per heavy atom. The van der Waals surface area contributed by atoms with Crippen LogP contribution in [-0.2, 0) is 28.6 Å². The van der Waals surface area contributed by atoms with Gasteiger partial charge in [0.1, 0.15) is 5.60 Å². The number of fused-ring (bicyclic) bond motifs is 1. The highest BCUT2D eigenvalue weighted by molar-refractivity contribution is 5.69. The number of anilines is 2. The fraction of sp³-hybridized carbons (Fsp3) is 0.594. The van der Waals surface area contributed by atoms with E-state index in [4.69, 9.17) is 25.3 Å². The second-order valence-corrected chi connectivity index (χ2v) is 13.7. The summed E-state index contributed by atoms with van der Waals surface area (Å²) in [6, 6.07) is 6.11. The van der Waals surface area contributed by atoms with Crippen LogP contribution in [0.15, 0.2) is 24.3 Å². The minimum absolute atomic E-state index is 0.0209. The Kier molecular flexibility index (Phi) is 8.13. The molecule has 244 valence electrons. The number of carbonyl (C=O) groups is 1. The van der Waals surface area contributed by atoms with Crippen molar-refractivity contribution in [3.8, 4) is 0 Å². The molecule has 0 radical (unpaired) electrons. The number of hydrogen-bond donors (Lipinski definition) is 1. The van der Waals surface area contributed by atoms with Crippen molar-refractivity contribution in [1.29, 1.82) is 0 Å². The predicted octanol–water partition coefficient (Wildman–Crippen LogP) is 4.90. The highest BCUT2D eigenvalue weighted by Crippen LogP contribution is 2.41. The number of ether oxygens (including phenoxy) is 2. The largest absolute Gasteiger partial charge is 0.444 e. The first-order valence-electron chi connectivity index (χ1n) is 15.6. The van der Waals surface area contributed by atoms with Crippen LogP contribution < -0.4 is 10.6 Å². The minimum Gasteiger partial charge on any atom is -0.444 e. The van der Waals surface area contributed by atoms with Gasteiger partial charge in [-0.1, -0.05) is 12.1 Å². The van der Waals surface area contributed by atoms with Crippen molar-refractivity contribution in [2.75, 3.05) is 63.1 Å². The summed E-state index contributed by atoms with van der Waals surface area (Å²) >= 11 is 0. The maximum absolute atomic E-state index is 13.8. The van der Waals surface area contributed by atoms with E-state index in [1.54, 1.807) is 10.6 Å². The third-order valence-electron chi connectivity index (χ3n) is 9.02. The Bertz CT molecular complexity index is 1570. The zero-order valence-corrected chi connectivity index (χ0v) is 26.4. The van der Waals surface area contributed by atoms with E-state index in [1.807, 2.05) is 31.7 Å². The molecule has 0 atom stereocenters. The van der Waals surface area contributed by atoms with Crippen LogP contribution in [0.5, 0.6) is 0 Å². The number of piperidine rings is 1. The number of alkyl halides is 3. The molecular weight excluding hydrogens is 587 g/mol. The van der Waals surface area contributed by atoms with Crippen LogP contribution in [0.4, 0.5) is 29.5 Å². The molecule has 6 rings (SSSR count). The smallest absolute Gasteiger partial charge is 0.416 e. The topological polar surface area (TPSA) is 101 Å².